The molecule has 10 atom stereocenters. The minimum absolute atomic E-state index is 0.134. The summed E-state index contributed by atoms with van der Waals surface area (Å²) in [7, 11) is 0. The Morgan fingerprint density at radius 2 is 1.77 bits per heavy atom. The molecule has 0 aromatic heterocycles. The third kappa shape index (κ3) is 3.61. The topological polar surface area (TPSA) is 60.7 Å². The molecule has 3 fully saturated rings. The summed E-state index contributed by atoms with van der Waals surface area (Å²) in [6.45, 7) is 11.5. The lowest BCUT2D eigenvalue weighted by molar-refractivity contribution is -0.0768. The molecule has 4 aliphatic rings. The van der Waals surface area contributed by atoms with Crippen LogP contribution in [0.3, 0.4) is 0 Å². The maximum absolute atomic E-state index is 11.2. The lowest BCUT2D eigenvalue weighted by atomic mass is 9.47. The van der Waals surface area contributed by atoms with Crippen LogP contribution in [0.2, 0.25) is 0 Å². The van der Waals surface area contributed by atoms with Gasteiger partial charge in [0.2, 0.25) is 0 Å². The maximum atomic E-state index is 11.2. The molecule has 0 radical (unpaired) electrons. The molecular formula is C27H46O3. The number of rotatable bonds is 5. The molecule has 0 aliphatic heterocycles. The van der Waals surface area contributed by atoms with E-state index in [1.54, 1.807) is 0 Å². The molecular weight excluding hydrogens is 372 g/mol. The minimum atomic E-state index is -0.310. The Balaban J connectivity index is 1.56. The smallest absolute Gasteiger partial charge is 0.0580 e. The van der Waals surface area contributed by atoms with Gasteiger partial charge in [0.05, 0.1) is 18.3 Å². The molecule has 30 heavy (non-hydrogen) atoms. The molecule has 0 saturated heterocycles. The molecule has 0 bridgehead atoms. The van der Waals surface area contributed by atoms with Crippen LogP contribution in [-0.4, -0.2) is 33.6 Å². The summed E-state index contributed by atoms with van der Waals surface area (Å²) in [5, 5.41) is 32.4. The van der Waals surface area contributed by atoms with Crippen LogP contribution in [0.5, 0.6) is 0 Å². The highest BCUT2D eigenvalue weighted by Crippen LogP contribution is 2.67. The van der Waals surface area contributed by atoms with Crippen molar-refractivity contribution in [1.29, 1.82) is 0 Å². The van der Waals surface area contributed by atoms with Crippen molar-refractivity contribution in [2.24, 2.45) is 46.3 Å². The Kier molecular flexibility index (Phi) is 6.23. The quantitative estimate of drug-likeness (QED) is 0.529. The van der Waals surface area contributed by atoms with E-state index in [1.165, 1.54) is 18.4 Å². The summed E-state index contributed by atoms with van der Waals surface area (Å²) in [5.74, 6) is 2.86. The third-order valence-corrected chi connectivity index (χ3v) is 10.4. The summed E-state index contributed by atoms with van der Waals surface area (Å²) in [6.07, 6.45) is 11.0. The number of hydrogen-bond donors (Lipinski definition) is 3. The van der Waals surface area contributed by atoms with Crippen molar-refractivity contribution >= 4 is 0 Å². The van der Waals surface area contributed by atoms with Gasteiger partial charge in [-0.1, -0.05) is 46.3 Å². The lowest BCUT2D eigenvalue weighted by Gasteiger charge is -2.58. The fraction of sp³-hybridized carbons (Fsp3) is 0.926. The molecule has 172 valence electrons. The molecule has 0 amide bonds. The first kappa shape index (κ1) is 22.8. The fourth-order valence-corrected chi connectivity index (χ4v) is 8.65. The molecule has 3 nitrogen and oxygen atoms in total. The van der Waals surface area contributed by atoms with Crippen molar-refractivity contribution in [3.05, 3.63) is 11.6 Å². The largest absolute Gasteiger partial charge is 0.393 e. The van der Waals surface area contributed by atoms with Crippen LogP contribution in [-0.2, 0) is 0 Å². The highest BCUT2D eigenvalue weighted by molar-refractivity contribution is 5.25. The molecule has 0 heterocycles. The van der Waals surface area contributed by atoms with Crippen molar-refractivity contribution in [1.82, 2.24) is 0 Å². The van der Waals surface area contributed by atoms with E-state index in [0.29, 0.717) is 23.7 Å². The number of fused-ring (bicyclic) bond motifs is 5. The van der Waals surface area contributed by atoms with Crippen LogP contribution in [0.4, 0.5) is 0 Å². The van der Waals surface area contributed by atoms with E-state index in [1.807, 2.05) is 0 Å². The first-order valence-electron chi connectivity index (χ1n) is 12.8. The predicted molar refractivity (Wildman–Crippen MR) is 122 cm³/mol. The average Bonchev–Trinajstić information content (AvgIpc) is 2.96. The monoisotopic (exact) mass is 418 g/mol. The molecule has 4 rings (SSSR count). The van der Waals surface area contributed by atoms with E-state index in [4.69, 9.17) is 0 Å². The molecule has 10 unspecified atom stereocenters. The number of hydrogen-bond acceptors (Lipinski definition) is 3. The van der Waals surface area contributed by atoms with Crippen LogP contribution in [0, 0.1) is 46.3 Å². The Morgan fingerprint density at radius 1 is 1.03 bits per heavy atom. The second-order valence-electron chi connectivity index (χ2n) is 12.4. The molecule has 3 saturated carbocycles. The highest BCUT2D eigenvalue weighted by Gasteiger charge is 2.62. The van der Waals surface area contributed by atoms with Crippen molar-refractivity contribution < 1.29 is 15.3 Å². The van der Waals surface area contributed by atoms with Gasteiger partial charge in [-0.2, -0.15) is 0 Å². The Hall–Kier alpha value is -0.380. The minimum Gasteiger partial charge on any atom is -0.393 e. The van der Waals surface area contributed by atoms with Gasteiger partial charge in [0.25, 0.3) is 0 Å². The van der Waals surface area contributed by atoms with E-state index in [-0.39, 0.29) is 41.0 Å². The number of allylic oxidation sites excluding steroid dienone is 1. The fourth-order valence-electron chi connectivity index (χ4n) is 8.65. The van der Waals surface area contributed by atoms with E-state index < -0.39 is 0 Å². The summed E-state index contributed by atoms with van der Waals surface area (Å²) in [4.78, 5) is 0. The second kappa shape index (κ2) is 8.19. The van der Waals surface area contributed by atoms with Gasteiger partial charge in [0, 0.05) is 0 Å². The Bertz CT molecular complexity index is 656. The van der Waals surface area contributed by atoms with Gasteiger partial charge in [-0.15, -0.1) is 0 Å². The van der Waals surface area contributed by atoms with Crippen LogP contribution in [0.1, 0.15) is 92.4 Å². The zero-order valence-corrected chi connectivity index (χ0v) is 20.0. The molecule has 0 spiro atoms. The Morgan fingerprint density at radius 3 is 2.47 bits per heavy atom. The van der Waals surface area contributed by atoms with Crippen molar-refractivity contribution in [3.63, 3.8) is 0 Å². The molecule has 3 N–H and O–H groups in total. The molecule has 4 aliphatic carbocycles. The van der Waals surface area contributed by atoms with Gasteiger partial charge in [0.1, 0.15) is 0 Å². The highest BCUT2D eigenvalue weighted by atomic mass is 16.3. The SMILES string of the molecule is CC(C)CCC(O)C(C)C1C(O)CC2C3CC=C4CC(O)CCC4(C)C3CCC21C. The normalized spacial score (nSPS) is 47.8. The maximum Gasteiger partial charge on any atom is 0.0580 e. The summed E-state index contributed by atoms with van der Waals surface area (Å²) >= 11 is 0. The number of aliphatic hydroxyl groups is 3. The van der Waals surface area contributed by atoms with Crippen LogP contribution >= 0.6 is 0 Å². The van der Waals surface area contributed by atoms with Crippen LogP contribution in [0.25, 0.3) is 0 Å². The van der Waals surface area contributed by atoms with E-state index in [2.05, 4.69) is 40.7 Å². The summed E-state index contributed by atoms with van der Waals surface area (Å²) in [6, 6.07) is 0. The second-order valence-corrected chi connectivity index (χ2v) is 12.4. The van der Waals surface area contributed by atoms with Gasteiger partial charge in [-0.3, -0.25) is 0 Å². The summed E-state index contributed by atoms with van der Waals surface area (Å²) < 4.78 is 0. The van der Waals surface area contributed by atoms with Gasteiger partial charge < -0.3 is 15.3 Å². The third-order valence-electron chi connectivity index (χ3n) is 10.4. The molecule has 3 heteroatoms. The van der Waals surface area contributed by atoms with Crippen molar-refractivity contribution in [2.75, 3.05) is 0 Å². The first-order chi connectivity index (χ1) is 14.1. The lowest BCUT2D eigenvalue weighted by Crippen LogP contribution is -2.51. The van der Waals surface area contributed by atoms with Crippen LogP contribution in [0.15, 0.2) is 11.6 Å². The Labute approximate surface area is 184 Å². The van der Waals surface area contributed by atoms with Gasteiger partial charge in [-0.05, 0) is 104 Å². The van der Waals surface area contributed by atoms with Crippen LogP contribution < -0.4 is 0 Å². The average molecular weight is 419 g/mol. The standard InChI is InChI=1S/C27H46O3/c1-16(2)6-9-23(29)17(3)25-24(30)15-22-20-8-7-18-14-19(28)10-12-26(18,4)21(20)11-13-27(22,25)5/h7,16-17,19-25,28-30H,6,8-15H2,1-5H3. The zero-order valence-electron chi connectivity index (χ0n) is 20.0. The van der Waals surface area contributed by atoms with Crippen molar-refractivity contribution in [3.8, 4) is 0 Å². The van der Waals surface area contributed by atoms with Crippen molar-refractivity contribution in [2.45, 2.75) is 111 Å². The van der Waals surface area contributed by atoms with Gasteiger partial charge in [0.15, 0.2) is 0 Å². The zero-order chi connectivity index (χ0) is 21.8. The van der Waals surface area contributed by atoms with E-state index in [9.17, 15) is 15.3 Å². The molecule has 0 aromatic rings. The first-order valence-corrected chi connectivity index (χ1v) is 12.8. The van der Waals surface area contributed by atoms with Gasteiger partial charge >= 0.3 is 0 Å². The predicted octanol–water partition coefficient (Wildman–Crippen LogP) is 5.33. The molecule has 0 aromatic carbocycles. The number of aliphatic hydroxyl groups excluding tert-OH is 3. The van der Waals surface area contributed by atoms with Gasteiger partial charge in [-0.25, -0.2) is 0 Å². The van der Waals surface area contributed by atoms with E-state index >= 15 is 0 Å². The van der Waals surface area contributed by atoms with E-state index in [0.717, 1.165) is 44.9 Å². The summed E-state index contributed by atoms with van der Waals surface area (Å²) in [5.41, 5.74) is 1.89.